The third-order valence-corrected chi connectivity index (χ3v) is 3.03. The molecule has 0 aromatic heterocycles. The molecule has 0 unspecified atom stereocenters. The number of hydrogen-bond acceptors (Lipinski definition) is 2. The molecular weight excluding hydrogens is 303 g/mol. The van der Waals surface area contributed by atoms with Crippen LogP contribution in [0.3, 0.4) is 0 Å². The van der Waals surface area contributed by atoms with Crippen LogP contribution in [0.15, 0.2) is 12.1 Å². The molecule has 1 rings (SSSR count). The highest BCUT2D eigenvalue weighted by Gasteiger charge is 2.16. The van der Waals surface area contributed by atoms with Crippen molar-refractivity contribution < 1.29 is 13.6 Å². The van der Waals surface area contributed by atoms with E-state index >= 15 is 0 Å². The predicted octanol–water partition coefficient (Wildman–Crippen LogP) is 3.01. The number of hydrogen-bond donors (Lipinski definition) is 1. The average Bonchev–Trinajstić information content (AvgIpc) is 2.08. The fourth-order valence-electron chi connectivity index (χ4n) is 1.09. The summed E-state index contributed by atoms with van der Waals surface area (Å²) in [6.45, 7) is 1.35. The van der Waals surface area contributed by atoms with Crippen LogP contribution in [0.2, 0.25) is 0 Å². The largest absolute Gasteiger partial charge is 0.397 e. The van der Waals surface area contributed by atoms with Crippen molar-refractivity contribution >= 4 is 34.1 Å². The van der Waals surface area contributed by atoms with Gasteiger partial charge in [0.15, 0.2) is 5.78 Å². The Morgan fingerprint density at radius 1 is 1.50 bits per heavy atom. The Morgan fingerprint density at radius 2 is 2.07 bits per heavy atom. The van der Waals surface area contributed by atoms with Crippen LogP contribution in [0.5, 0.6) is 0 Å². The lowest BCUT2D eigenvalue weighted by Crippen LogP contribution is -2.04. The molecular formula is C9H8F2INO. The average molecular weight is 311 g/mol. The maximum absolute atomic E-state index is 12.4. The highest BCUT2D eigenvalue weighted by Crippen LogP contribution is 2.30. The van der Waals surface area contributed by atoms with E-state index in [-0.39, 0.29) is 20.6 Å². The fourth-order valence-corrected chi connectivity index (χ4v) is 1.79. The van der Waals surface area contributed by atoms with E-state index < -0.39 is 6.43 Å². The predicted molar refractivity (Wildman–Crippen MR) is 58.5 cm³/mol. The van der Waals surface area contributed by atoms with E-state index in [9.17, 15) is 13.6 Å². The molecule has 76 valence electrons. The number of nitrogens with two attached hydrogens (primary N) is 1. The van der Waals surface area contributed by atoms with E-state index in [1.165, 1.54) is 19.1 Å². The molecule has 0 atom stereocenters. The SMILES string of the molecule is CC(=O)c1ccc(C(F)F)c(I)c1N. The van der Waals surface area contributed by atoms with Crippen LogP contribution in [0.25, 0.3) is 0 Å². The van der Waals surface area contributed by atoms with Crippen LogP contribution in [-0.4, -0.2) is 5.78 Å². The zero-order chi connectivity index (χ0) is 10.9. The molecule has 2 nitrogen and oxygen atoms in total. The molecule has 0 radical (unpaired) electrons. The zero-order valence-corrected chi connectivity index (χ0v) is 9.51. The van der Waals surface area contributed by atoms with Gasteiger partial charge in [0.2, 0.25) is 0 Å². The van der Waals surface area contributed by atoms with Crippen LogP contribution in [-0.2, 0) is 0 Å². The Kier molecular flexibility index (Phi) is 3.41. The molecule has 2 N–H and O–H groups in total. The number of carbonyl (C=O) groups excluding carboxylic acids is 1. The van der Waals surface area contributed by atoms with Gasteiger partial charge in [-0.1, -0.05) is 6.07 Å². The van der Waals surface area contributed by atoms with Crippen LogP contribution in [0.1, 0.15) is 29.3 Å². The number of carbonyl (C=O) groups is 1. The van der Waals surface area contributed by atoms with Gasteiger partial charge in [-0.3, -0.25) is 4.79 Å². The number of ketones is 1. The van der Waals surface area contributed by atoms with Crippen molar-refractivity contribution in [3.8, 4) is 0 Å². The maximum Gasteiger partial charge on any atom is 0.264 e. The second kappa shape index (κ2) is 4.20. The molecule has 1 aromatic rings. The third-order valence-electron chi connectivity index (χ3n) is 1.82. The van der Waals surface area contributed by atoms with Crippen LogP contribution < -0.4 is 5.73 Å². The van der Waals surface area contributed by atoms with E-state index in [0.29, 0.717) is 5.56 Å². The highest BCUT2D eigenvalue weighted by molar-refractivity contribution is 14.1. The number of benzene rings is 1. The van der Waals surface area contributed by atoms with Crippen molar-refractivity contribution in [2.45, 2.75) is 13.3 Å². The summed E-state index contributed by atoms with van der Waals surface area (Å²) in [5.74, 6) is -0.221. The molecule has 0 amide bonds. The number of rotatable bonds is 2. The number of alkyl halides is 2. The van der Waals surface area contributed by atoms with Gasteiger partial charge in [0, 0.05) is 14.7 Å². The summed E-state index contributed by atoms with van der Waals surface area (Å²) in [5, 5.41) is 0. The number of anilines is 1. The molecule has 0 bridgehead atoms. The molecule has 14 heavy (non-hydrogen) atoms. The third kappa shape index (κ3) is 2.02. The topological polar surface area (TPSA) is 43.1 Å². The molecule has 0 aliphatic carbocycles. The molecule has 0 saturated heterocycles. The number of Topliss-reactive ketones (excluding diaryl/α,β-unsaturated/α-hetero) is 1. The molecule has 0 spiro atoms. The molecule has 0 aliphatic heterocycles. The molecule has 0 heterocycles. The summed E-state index contributed by atoms with van der Waals surface area (Å²) < 4.78 is 25.0. The van der Waals surface area contributed by atoms with Gasteiger partial charge in [-0.2, -0.15) is 0 Å². The minimum atomic E-state index is -2.56. The highest BCUT2D eigenvalue weighted by atomic mass is 127. The Balaban J connectivity index is 3.33. The second-order valence-corrected chi connectivity index (χ2v) is 3.87. The second-order valence-electron chi connectivity index (χ2n) is 2.79. The summed E-state index contributed by atoms with van der Waals surface area (Å²) >= 11 is 1.72. The van der Waals surface area contributed by atoms with Gasteiger partial charge >= 0.3 is 0 Å². The van der Waals surface area contributed by atoms with Crippen LogP contribution in [0, 0.1) is 3.57 Å². The minimum Gasteiger partial charge on any atom is -0.397 e. The van der Waals surface area contributed by atoms with E-state index in [1.807, 2.05) is 0 Å². The van der Waals surface area contributed by atoms with Gasteiger partial charge in [-0.15, -0.1) is 0 Å². The van der Waals surface area contributed by atoms with Crippen molar-refractivity contribution in [3.63, 3.8) is 0 Å². The van der Waals surface area contributed by atoms with Crippen LogP contribution in [0.4, 0.5) is 14.5 Å². The normalized spacial score (nSPS) is 10.6. The molecule has 0 fully saturated rings. The lowest BCUT2D eigenvalue weighted by molar-refractivity contribution is 0.101. The summed E-state index contributed by atoms with van der Waals surface area (Å²) in [6.07, 6.45) is -2.56. The Bertz CT molecular complexity index is 379. The first kappa shape index (κ1) is 11.4. The van der Waals surface area contributed by atoms with Gasteiger partial charge in [0.25, 0.3) is 6.43 Å². The molecule has 0 aliphatic rings. The quantitative estimate of drug-likeness (QED) is 0.518. The maximum atomic E-state index is 12.4. The number of nitrogen functional groups attached to an aromatic ring is 1. The summed E-state index contributed by atoms with van der Waals surface area (Å²) in [7, 11) is 0. The Hall–Kier alpha value is -0.720. The summed E-state index contributed by atoms with van der Waals surface area (Å²) in [6, 6.07) is 2.57. The lowest BCUT2D eigenvalue weighted by Gasteiger charge is -2.09. The van der Waals surface area contributed by atoms with Gasteiger partial charge in [0.1, 0.15) is 0 Å². The van der Waals surface area contributed by atoms with Crippen molar-refractivity contribution in [2.75, 3.05) is 5.73 Å². The van der Waals surface area contributed by atoms with Gasteiger partial charge < -0.3 is 5.73 Å². The molecule has 5 heteroatoms. The molecule has 0 saturated carbocycles. The van der Waals surface area contributed by atoms with E-state index in [0.717, 1.165) is 0 Å². The number of halogens is 3. The van der Waals surface area contributed by atoms with Crippen LogP contribution >= 0.6 is 22.6 Å². The van der Waals surface area contributed by atoms with Gasteiger partial charge in [-0.25, -0.2) is 8.78 Å². The summed E-state index contributed by atoms with van der Waals surface area (Å²) in [5.41, 5.74) is 5.85. The van der Waals surface area contributed by atoms with Crippen molar-refractivity contribution in [1.29, 1.82) is 0 Å². The van der Waals surface area contributed by atoms with E-state index in [1.54, 1.807) is 22.6 Å². The van der Waals surface area contributed by atoms with Crippen molar-refractivity contribution in [2.24, 2.45) is 0 Å². The first-order valence-corrected chi connectivity index (χ1v) is 4.90. The first-order valence-electron chi connectivity index (χ1n) is 3.82. The standard InChI is InChI=1S/C9H8F2INO/c1-4(14)5-2-3-6(9(10)11)7(12)8(5)13/h2-3,9H,13H2,1H3. The minimum absolute atomic E-state index is 0.131. The zero-order valence-electron chi connectivity index (χ0n) is 7.35. The molecule has 1 aromatic carbocycles. The van der Waals surface area contributed by atoms with E-state index in [2.05, 4.69) is 0 Å². The lowest BCUT2D eigenvalue weighted by atomic mass is 10.1. The smallest absolute Gasteiger partial charge is 0.264 e. The fraction of sp³-hybridized carbons (Fsp3) is 0.222. The van der Waals surface area contributed by atoms with Crippen molar-refractivity contribution in [1.82, 2.24) is 0 Å². The van der Waals surface area contributed by atoms with Gasteiger partial charge in [-0.05, 0) is 35.6 Å². The first-order chi connectivity index (χ1) is 6.45. The van der Waals surface area contributed by atoms with E-state index in [4.69, 9.17) is 5.73 Å². The Morgan fingerprint density at radius 3 is 2.50 bits per heavy atom. The van der Waals surface area contributed by atoms with Gasteiger partial charge in [0.05, 0.1) is 5.69 Å². The van der Waals surface area contributed by atoms with Crippen molar-refractivity contribution in [3.05, 3.63) is 26.8 Å². The monoisotopic (exact) mass is 311 g/mol. The Labute approximate surface area is 93.6 Å². The summed E-state index contributed by atoms with van der Waals surface area (Å²) in [4.78, 5) is 11.0.